The summed E-state index contributed by atoms with van der Waals surface area (Å²) in [7, 11) is -4.23. The van der Waals surface area contributed by atoms with Crippen molar-refractivity contribution in [3.8, 4) is 5.75 Å². The molecule has 4 rings (SSSR count). The molecule has 2 fully saturated rings. The lowest BCUT2D eigenvalue weighted by atomic mass is 10.0. The van der Waals surface area contributed by atoms with Crippen LogP contribution in [0.2, 0.25) is 0 Å². The molecule has 0 radical (unpaired) electrons. The maximum absolute atomic E-state index is 13.7. The van der Waals surface area contributed by atoms with Gasteiger partial charge in [0.1, 0.15) is 29.6 Å². The second-order valence-corrected chi connectivity index (χ2v) is 10.5. The predicted octanol–water partition coefficient (Wildman–Crippen LogP) is 0.697. The number of hydrogen-bond donors (Lipinski definition) is 3. The number of nitrogens with zero attached hydrogens (tertiary/aromatic N) is 1. The Bertz CT molecular complexity index is 1250. The van der Waals surface area contributed by atoms with Crippen LogP contribution in [0.4, 0.5) is 0 Å². The average Bonchev–Trinajstić information content (AvgIpc) is 3.27. The van der Waals surface area contributed by atoms with Crippen molar-refractivity contribution in [1.29, 1.82) is 0 Å². The third kappa shape index (κ3) is 5.46. The molecule has 196 valence electrons. The highest BCUT2D eigenvalue weighted by Crippen LogP contribution is 2.50. The molecule has 1 aromatic heterocycles. The number of H-pyrrole nitrogens is 1. The SMILES string of the molecule is CC(C)OC(=O)C(C)NP(=O)(OC[C@@]12CO[C@@H]([C@H](n3ccc(=O)[nH]c3=O)O1)[C@@H]2O)Oc1ccccc1. The third-order valence-corrected chi connectivity index (χ3v) is 7.26. The molecule has 0 amide bonds. The largest absolute Gasteiger partial charge is 0.462 e. The highest BCUT2D eigenvalue weighted by atomic mass is 31.2. The molecule has 36 heavy (non-hydrogen) atoms. The minimum absolute atomic E-state index is 0.121. The Morgan fingerprint density at radius 1 is 1.28 bits per heavy atom. The van der Waals surface area contributed by atoms with Gasteiger partial charge in [-0.1, -0.05) is 18.2 Å². The molecule has 14 heteroatoms. The van der Waals surface area contributed by atoms with E-state index in [0.29, 0.717) is 0 Å². The van der Waals surface area contributed by atoms with Crippen LogP contribution in [0.3, 0.4) is 0 Å². The summed E-state index contributed by atoms with van der Waals surface area (Å²) in [6, 6.07) is 8.26. The Morgan fingerprint density at radius 2 is 2.00 bits per heavy atom. The normalized spacial score (nSPS) is 27.5. The minimum atomic E-state index is -4.23. The molecular formula is C22H28N3O10P. The molecule has 3 N–H and O–H groups in total. The van der Waals surface area contributed by atoms with Crippen molar-refractivity contribution in [3.05, 3.63) is 63.4 Å². The van der Waals surface area contributed by atoms with Crippen molar-refractivity contribution in [3.63, 3.8) is 0 Å². The van der Waals surface area contributed by atoms with Gasteiger partial charge >= 0.3 is 19.4 Å². The van der Waals surface area contributed by atoms with E-state index >= 15 is 0 Å². The number of nitrogens with one attached hydrogen (secondary N) is 2. The highest BCUT2D eigenvalue weighted by Gasteiger charge is 2.62. The zero-order valence-corrected chi connectivity index (χ0v) is 20.8. The molecule has 1 aromatic carbocycles. The molecular weight excluding hydrogens is 497 g/mol. The Kier molecular flexibility index (Phi) is 7.51. The van der Waals surface area contributed by atoms with Gasteiger partial charge < -0.3 is 23.8 Å². The lowest BCUT2D eigenvalue weighted by Gasteiger charge is -2.32. The van der Waals surface area contributed by atoms with Crippen LogP contribution in [0.15, 0.2) is 52.2 Å². The zero-order valence-electron chi connectivity index (χ0n) is 19.9. The van der Waals surface area contributed by atoms with E-state index in [9.17, 15) is 24.1 Å². The number of fused-ring (bicyclic) bond motifs is 2. The number of carbonyl (C=O) groups excluding carboxylic acids is 1. The number of esters is 1. The molecule has 0 spiro atoms. The lowest BCUT2D eigenvalue weighted by Crippen LogP contribution is -2.46. The smallest absolute Gasteiger partial charge is 0.459 e. The van der Waals surface area contributed by atoms with Gasteiger partial charge in [-0.15, -0.1) is 0 Å². The number of aliphatic hydroxyl groups is 1. The van der Waals surface area contributed by atoms with Gasteiger partial charge in [0.25, 0.3) is 5.56 Å². The first kappa shape index (κ1) is 26.3. The van der Waals surface area contributed by atoms with Crippen molar-refractivity contribution in [2.24, 2.45) is 0 Å². The molecule has 0 saturated carbocycles. The molecule has 2 saturated heterocycles. The Morgan fingerprint density at radius 3 is 2.67 bits per heavy atom. The van der Waals surface area contributed by atoms with E-state index < -0.39 is 61.7 Å². The monoisotopic (exact) mass is 525 g/mol. The Balaban J connectivity index is 1.54. The fourth-order valence-electron chi connectivity index (χ4n) is 3.90. The number of hydrogen-bond acceptors (Lipinski definition) is 10. The van der Waals surface area contributed by atoms with Crippen LogP contribution in [-0.4, -0.2) is 63.8 Å². The second kappa shape index (κ2) is 10.3. The first-order valence-corrected chi connectivity index (χ1v) is 12.8. The van der Waals surface area contributed by atoms with Gasteiger partial charge in [-0.2, -0.15) is 5.09 Å². The average molecular weight is 525 g/mol. The molecule has 2 bridgehead atoms. The molecule has 3 heterocycles. The third-order valence-electron chi connectivity index (χ3n) is 5.64. The van der Waals surface area contributed by atoms with E-state index in [1.165, 1.54) is 13.1 Å². The van der Waals surface area contributed by atoms with E-state index in [1.54, 1.807) is 44.2 Å². The first-order valence-electron chi connectivity index (χ1n) is 11.3. The number of ether oxygens (including phenoxy) is 3. The van der Waals surface area contributed by atoms with Crippen molar-refractivity contribution in [2.45, 2.75) is 57.0 Å². The van der Waals surface area contributed by atoms with Crippen LogP contribution in [-0.2, 0) is 28.1 Å². The number of carbonyl (C=O) groups is 1. The lowest BCUT2D eigenvalue weighted by molar-refractivity contribution is -0.185. The first-order chi connectivity index (χ1) is 17.0. The molecule has 2 aliphatic rings. The summed E-state index contributed by atoms with van der Waals surface area (Å²) in [4.78, 5) is 38.1. The summed E-state index contributed by atoms with van der Waals surface area (Å²) in [6.07, 6.45) is -2.43. The summed E-state index contributed by atoms with van der Waals surface area (Å²) >= 11 is 0. The van der Waals surface area contributed by atoms with Crippen molar-refractivity contribution in [1.82, 2.24) is 14.6 Å². The highest BCUT2D eigenvalue weighted by molar-refractivity contribution is 7.52. The van der Waals surface area contributed by atoms with Crippen LogP contribution < -0.4 is 20.9 Å². The Labute approximate surface area is 205 Å². The van der Waals surface area contributed by atoms with E-state index in [1.807, 2.05) is 0 Å². The molecule has 6 atom stereocenters. The van der Waals surface area contributed by atoms with Crippen molar-refractivity contribution < 1.29 is 37.7 Å². The topological polar surface area (TPSA) is 167 Å². The van der Waals surface area contributed by atoms with E-state index in [0.717, 1.165) is 10.6 Å². The van der Waals surface area contributed by atoms with Gasteiger partial charge in [-0.25, -0.2) is 9.36 Å². The van der Waals surface area contributed by atoms with Gasteiger partial charge in [-0.05, 0) is 32.9 Å². The Hall–Kier alpha value is -2.80. The van der Waals surface area contributed by atoms with E-state index in [4.69, 9.17) is 23.3 Å². The fourth-order valence-corrected chi connectivity index (χ4v) is 5.44. The maximum Gasteiger partial charge on any atom is 0.459 e. The molecule has 2 aliphatic heterocycles. The summed E-state index contributed by atoms with van der Waals surface area (Å²) in [6.45, 7) is 4.22. The predicted molar refractivity (Wildman–Crippen MR) is 124 cm³/mol. The van der Waals surface area contributed by atoms with Crippen LogP contribution in [0.5, 0.6) is 5.75 Å². The second-order valence-electron chi connectivity index (χ2n) is 8.82. The van der Waals surface area contributed by atoms with Crippen molar-refractivity contribution in [2.75, 3.05) is 13.2 Å². The summed E-state index contributed by atoms with van der Waals surface area (Å²) in [5.74, 6) is -0.455. The zero-order chi connectivity index (χ0) is 26.1. The van der Waals surface area contributed by atoms with Gasteiger partial charge in [0.2, 0.25) is 0 Å². The summed E-state index contributed by atoms with van der Waals surface area (Å²) < 4.78 is 42.8. The molecule has 13 nitrogen and oxygen atoms in total. The number of para-hydroxylation sites is 1. The summed E-state index contributed by atoms with van der Waals surface area (Å²) in [5.41, 5.74) is -2.83. The molecule has 2 aromatic rings. The number of aromatic amines is 1. The van der Waals surface area contributed by atoms with E-state index in [-0.39, 0.29) is 18.5 Å². The minimum Gasteiger partial charge on any atom is -0.462 e. The van der Waals surface area contributed by atoms with E-state index in [2.05, 4.69) is 10.1 Å². The number of aromatic nitrogens is 2. The van der Waals surface area contributed by atoms with Crippen LogP contribution in [0.25, 0.3) is 0 Å². The fraction of sp³-hybridized carbons (Fsp3) is 0.500. The maximum atomic E-state index is 13.7. The van der Waals surface area contributed by atoms with Gasteiger partial charge in [0.15, 0.2) is 6.23 Å². The summed E-state index contributed by atoms with van der Waals surface area (Å²) in [5, 5.41) is 13.4. The van der Waals surface area contributed by atoms with Gasteiger partial charge in [0, 0.05) is 12.3 Å². The molecule has 2 unspecified atom stereocenters. The van der Waals surface area contributed by atoms with Crippen molar-refractivity contribution >= 4 is 13.7 Å². The van der Waals surface area contributed by atoms with Crippen LogP contribution >= 0.6 is 7.75 Å². The quantitative estimate of drug-likeness (QED) is 0.295. The van der Waals surface area contributed by atoms with Gasteiger partial charge in [0.05, 0.1) is 19.3 Å². The number of benzene rings is 1. The number of rotatable bonds is 10. The molecule has 0 aliphatic carbocycles. The van der Waals surface area contributed by atoms with Crippen LogP contribution in [0.1, 0.15) is 27.0 Å². The number of aliphatic hydroxyl groups excluding tert-OH is 1. The standard InChI is InChI=1S/C22H28N3O10P/c1-13(2)33-20(28)14(3)24-36(30,35-15-7-5-4-6-8-15)32-12-22-11-31-17(18(22)27)19(34-22)25-10-9-16(26)23-21(25)29/h4-10,13-14,17-19,27H,11-12H2,1-3H3,(H,24,30)(H,23,26,29)/t14?,17-,18+,19-,22-,36?/m1/s1. The van der Waals surface area contributed by atoms with Crippen LogP contribution in [0, 0.1) is 0 Å². The van der Waals surface area contributed by atoms with Gasteiger partial charge in [-0.3, -0.25) is 23.7 Å².